The van der Waals surface area contributed by atoms with E-state index < -0.39 is 17.2 Å². The van der Waals surface area contributed by atoms with Gasteiger partial charge in [-0.25, -0.2) is 8.42 Å². The van der Waals surface area contributed by atoms with Gasteiger partial charge in [0.2, 0.25) is 8.87 Å². The van der Waals surface area contributed by atoms with Crippen molar-refractivity contribution in [2.24, 2.45) is 0 Å². The lowest BCUT2D eigenvalue weighted by molar-refractivity contribution is 0.178. The monoisotopic (exact) mass is 360 g/mol. The highest BCUT2D eigenvalue weighted by molar-refractivity contribution is 8.63. The first-order valence-electron chi connectivity index (χ1n) is 7.55. The summed E-state index contributed by atoms with van der Waals surface area (Å²) in [7, 11) is -5.43. The first-order chi connectivity index (χ1) is 9.79. The lowest BCUT2D eigenvalue weighted by atomic mass is 10.0. The highest BCUT2D eigenvalue weighted by Gasteiger charge is 2.39. The van der Waals surface area contributed by atoms with Crippen LogP contribution in [0.1, 0.15) is 51.3 Å². The van der Waals surface area contributed by atoms with Crippen LogP contribution in [0, 0.1) is 6.92 Å². The highest BCUT2D eigenvalue weighted by atomic mass is 33.1. The van der Waals surface area contributed by atoms with Crippen LogP contribution in [0.4, 0.5) is 0 Å². The van der Waals surface area contributed by atoms with Gasteiger partial charge in [-0.15, -0.1) is 0 Å². The smallest absolute Gasteiger partial charge is 0.227 e. The fraction of sp³-hybridized carbons (Fsp3) is 0.625. The normalized spacial score (nSPS) is 14.9. The zero-order valence-corrected chi connectivity index (χ0v) is 17.3. The van der Waals surface area contributed by atoms with Crippen molar-refractivity contribution in [1.29, 1.82) is 0 Å². The van der Waals surface area contributed by atoms with Crippen molar-refractivity contribution in [1.82, 2.24) is 0 Å². The minimum absolute atomic E-state index is 0.0871. The maximum atomic E-state index is 11.7. The first-order valence-corrected chi connectivity index (χ1v) is 13.0. The fourth-order valence-electron chi connectivity index (χ4n) is 2.03. The van der Waals surface area contributed by atoms with E-state index in [1.807, 2.05) is 13.0 Å². The van der Waals surface area contributed by atoms with Crippen LogP contribution in [0.5, 0.6) is 0 Å². The molecule has 0 aliphatic carbocycles. The molecule has 1 rings (SSSR count). The molecule has 0 amide bonds. The maximum absolute atomic E-state index is 11.7. The third-order valence-corrected chi connectivity index (χ3v) is 10.5. The van der Waals surface area contributed by atoms with Gasteiger partial charge in [0.15, 0.2) is 8.32 Å². The summed E-state index contributed by atoms with van der Waals surface area (Å²) < 4.78 is 29.9. The summed E-state index contributed by atoms with van der Waals surface area (Å²) in [6.45, 7) is 15.1. The Bertz CT molecular complexity index is 631. The van der Waals surface area contributed by atoms with Crippen LogP contribution in [0.15, 0.2) is 23.1 Å². The van der Waals surface area contributed by atoms with E-state index in [4.69, 9.17) is 4.43 Å². The molecule has 0 fully saturated rings. The minimum atomic E-state index is -3.51. The van der Waals surface area contributed by atoms with E-state index in [-0.39, 0.29) is 16.0 Å². The van der Waals surface area contributed by atoms with Gasteiger partial charge in [0.05, 0.1) is 11.0 Å². The molecule has 0 saturated carbocycles. The topological polar surface area (TPSA) is 43.4 Å². The quantitative estimate of drug-likeness (QED) is 0.452. The Morgan fingerprint density at radius 2 is 1.82 bits per heavy atom. The molecule has 22 heavy (non-hydrogen) atoms. The van der Waals surface area contributed by atoms with Crippen LogP contribution in [-0.4, -0.2) is 16.7 Å². The molecule has 1 aromatic rings. The molecule has 1 aromatic carbocycles. The lowest BCUT2D eigenvalue weighted by Gasteiger charge is -2.39. The Morgan fingerprint density at radius 1 is 1.27 bits per heavy atom. The average Bonchev–Trinajstić information content (AvgIpc) is 2.34. The molecule has 3 nitrogen and oxygen atoms in total. The fourth-order valence-corrected chi connectivity index (χ4v) is 4.24. The van der Waals surface area contributed by atoms with E-state index in [0.717, 1.165) is 17.5 Å². The largest absolute Gasteiger partial charge is 0.410 e. The van der Waals surface area contributed by atoms with E-state index in [9.17, 15) is 8.42 Å². The van der Waals surface area contributed by atoms with Crippen molar-refractivity contribution < 1.29 is 12.8 Å². The molecule has 0 aliphatic rings. The van der Waals surface area contributed by atoms with Crippen LogP contribution in [0.3, 0.4) is 0 Å². The zero-order chi connectivity index (χ0) is 17.3. The molecule has 0 aromatic heterocycles. The number of thiol groups is 1. The van der Waals surface area contributed by atoms with Gasteiger partial charge in [-0.2, -0.15) is 0 Å². The predicted molar refractivity (Wildman–Crippen MR) is 98.7 cm³/mol. The summed E-state index contributed by atoms with van der Waals surface area (Å²) in [5.74, 6) is 0. The van der Waals surface area contributed by atoms with Crippen molar-refractivity contribution >= 4 is 28.8 Å². The molecule has 1 atom stereocenters. The van der Waals surface area contributed by atoms with Crippen molar-refractivity contribution in [2.45, 2.75) is 70.2 Å². The van der Waals surface area contributed by atoms with E-state index >= 15 is 0 Å². The number of hydrogen-bond acceptors (Lipinski definition) is 3. The van der Waals surface area contributed by atoms with E-state index in [1.165, 1.54) is 0 Å². The van der Waals surface area contributed by atoms with Gasteiger partial charge in [0.25, 0.3) is 0 Å². The molecule has 0 aliphatic heterocycles. The standard InChI is InChI=1S/C16H28O3S2Si/c1-8-15(19-22(6,7)16(3,4)5)14-11-13(21(17,18)20)10-9-12(14)2/h9-11,15H,8H2,1-7H3,(H,17,18,20). The van der Waals surface area contributed by atoms with E-state index in [1.54, 1.807) is 12.1 Å². The second-order valence-corrected chi connectivity index (χ2v) is 14.9. The van der Waals surface area contributed by atoms with Crippen LogP contribution in [-0.2, 0) is 13.3 Å². The molecule has 0 heterocycles. The molecule has 0 radical (unpaired) electrons. The van der Waals surface area contributed by atoms with Crippen molar-refractivity contribution in [3.05, 3.63) is 29.3 Å². The summed E-state index contributed by atoms with van der Waals surface area (Å²) in [6, 6.07) is 5.13. The summed E-state index contributed by atoms with van der Waals surface area (Å²) in [5.41, 5.74) is 1.99. The summed E-state index contributed by atoms with van der Waals surface area (Å²) in [5, 5.41) is 0.113. The predicted octanol–water partition coefficient (Wildman–Crippen LogP) is 5.09. The molecule has 0 saturated heterocycles. The van der Waals surface area contributed by atoms with E-state index in [2.05, 4.69) is 52.4 Å². The molecule has 1 unspecified atom stereocenters. The Balaban J connectivity index is 3.27. The van der Waals surface area contributed by atoms with Gasteiger partial charge in [-0.05, 0) is 66.4 Å². The van der Waals surface area contributed by atoms with Crippen molar-refractivity contribution in [3.8, 4) is 0 Å². The second-order valence-electron chi connectivity index (χ2n) is 7.27. The molecule has 0 spiro atoms. The first kappa shape index (κ1) is 19.7. The number of hydrogen-bond donors (Lipinski definition) is 1. The SMILES string of the molecule is CCC(O[Si](C)(C)C(C)(C)C)c1cc(S(=O)(=O)S)ccc1C. The minimum Gasteiger partial charge on any atom is -0.410 e. The molecular weight excluding hydrogens is 332 g/mol. The summed E-state index contributed by atoms with van der Waals surface area (Å²) in [6.07, 6.45) is 0.722. The van der Waals surface area contributed by atoms with Gasteiger partial charge in [-0.1, -0.05) is 33.8 Å². The summed E-state index contributed by atoms with van der Waals surface area (Å²) >= 11 is 3.70. The number of aryl methyl sites for hydroxylation is 1. The Morgan fingerprint density at radius 3 is 2.23 bits per heavy atom. The lowest BCUT2D eigenvalue weighted by Crippen LogP contribution is -2.41. The number of benzene rings is 1. The molecule has 126 valence electrons. The van der Waals surface area contributed by atoms with Crippen molar-refractivity contribution in [2.75, 3.05) is 0 Å². The average molecular weight is 361 g/mol. The van der Waals surface area contributed by atoms with Gasteiger partial charge < -0.3 is 4.43 Å². The number of rotatable bonds is 5. The van der Waals surface area contributed by atoms with Gasteiger partial charge in [0, 0.05) is 0 Å². The van der Waals surface area contributed by atoms with Gasteiger partial charge >= 0.3 is 0 Å². The van der Waals surface area contributed by atoms with Crippen LogP contribution in [0.25, 0.3) is 0 Å². The maximum Gasteiger partial charge on any atom is 0.227 e. The Labute approximate surface area is 141 Å². The summed E-state index contributed by atoms with van der Waals surface area (Å²) in [4.78, 5) is 0.230. The Hall–Kier alpha value is -0.303. The van der Waals surface area contributed by atoms with Gasteiger partial charge in [-0.3, -0.25) is 0 Å². The third kappa shape index (κ3) is 4.60. The van der Waals surface area contributed by atoms with Crippen LogP contribution >= 0.6 is 11.7 Å². The van der Waals surface area contributed by atoms with E-state index in [0.29, 0.717) is 0 Å². The van der Waals surface area contributed by atoms with Crippen LogP contribution < -0.4 is 0 Å². The Kier molecular flexibility index (Phi) is 5.99. The molecule has 0 N–H and O–H groups in total. The third-order valence-electron chi connectivity index (χ3n) is 4.51. The van der Waals surface area contributed by atoms with Crippen LogP contribution in [0.2, 0.25) is 18.1 Å². The van der Waals surface area contributed by atoms with Crippen molar-refractivity contribution in [3.63, 3.8) is 0 Å². The second kappa shape index (κ2) is 6.67. The zero-order valence-electron chi connectivity index (χ0n) is 14.6. The molecule has 0 bridgehead atoms. The highest BCUT2D eigenvalue weighted by Crippen LogP contribution is 2.41. The van der Waals surface area contributed by atoms with Gasteiger partial charge in [0.1, 0.15) is 0 Å². The molecular formula is C16H28O3S2Si. The molecule has 6 heteroatoms.